The Morgan fingerprint density at radius 3 is 2.61 bits per heavy atom. The summed E-state index contributed by atoms with van der Waals surface area (Å²) in [7, 11) is 0. The molecule has 1 amide bonds. The number of aryl methyl sites for hydroxylation is 1. The third kappa shape index (κ3) is 5.41. The Bertz CT molecular complexity index is 640. The summed E-state index contributed by atoms with van der Waals surface area (Å²) >= 11 is 1.44. The summed E-state index contributed by atoms with van der Waals surface area (Å²) in [6, 6.07) is 6.21. The lowest BCUT2D eigenvalue weighted by molar-refractivity contribution is -0.116. The first kappa shape index (κ1) is 17.6. The zero-order valence-electron chi connectivity index (χ0n) is 13.3. The van der Waals surface area contributed by atoms with E-state index in [0.717, 1.165) is 41.8 Å². The Hall–Kier alpha value is -1.79. The monoisotopic (exact) mass is 335 g/mol. The van der Waals surface area contributed by atoms with E-state index < -0.39 is 0 Å². The second-order valence-electron chi connectivity index (χ2n) is 5.43. The Morgan fingerprint density at radius 2 is 1.91 bits per heavy atom. The van der Waals surface area contributed by atoms with Gasteiger partial charge in [0.15, 0.2) is 5.13 Å². The van der Waals surface area contributed by atoms with E-state index in [0.29, 0.717) is 18.1 Å². The zero-order valence-corrected chi connectivity index (χ0v) is 14.1. The fourth-order valence-corrected chi connectivity index (χ4v) is 3.14. The number of rotatable bonds is 8. The van der Waals surface area contributed by atoms with E-state index in [1.807, 2.05) is 6.92 Å². The number of hydrogen-bond donors (Lipinski definition) is 2. The number of amides is 1. The predicted octanol–water partition coefficient (Wildman–Crippen LogP) is 4.11. The molecule has 3 N–H and O–H groups in total. The molecule has 4 nitrogen and oxygen atoms in total. The van der Waals surface area contributed by atoms with Crippen LogP contribution in [0, 0.1) is 12.7 Å². The molecule has 1 heterocycles. The van der Waals surface area contributed by atoms with Gasteiger partial charge in [0.2, 0.25) is 5.91 Å². The summed E-state index contributed by atoms with van der Waals surface area (Å²) in [6.45, 7) is 2.65. The number of thiazole rings is 1. The number of aromatic nitrogens is 1. The van der Waals surface area contributed by atoms with Gasteiger partial charge in [-0.2, -0.15) is 0 Å². The van der Waals surface area contributed by atoms with Crippen LogP contribution in [0.2, 0.25) is 0 Å². The molecule has 2 aromatic rings. The van der Waals surface area contributed by atoms with E-state index in [1.165, 1.54) is 23.5 Å². The molecule has 23 heavy (non-hydrogen) atoms. The van der Waals surface area contributed by atoms with Crippen LogP contribution in [0.4, 0.5) is 9.52 Å². The van der Waals surface area contributed by atoms with Gasteiger partial charge in [-0.15, -0.1) is 11.3 Å². The number of nitrogens with one attached hydrogen (secondary N) is 1. The highest BCUT2D eigenvalue weighted by atomic mass is 32.1. The molecule has 0 radical (unpaired) electrons. The van der Waals surface area contributed by atoms with Crippen LogP contribution >= 0.6 is 11.3 Å². The smallest absolute Gasteiger partial charge is 0.226 e. The molecule has 0 aliphatic carbocycles. The minimum Gasteiger partial charge on any atom is -0.330 e. The largest absolute Gasteiger partial charge is 0.330 e. The SMILES string of the molecule is Cc1sc(NC(=O)CCCCCCN)nc1-c1ccc(F)cc1. The van der Waals surface area contributed by atoms with Gasteiger partial charge in [0.1, 0.15) is 5.82 Å². The van der Waals surface area contributed by atoms with E-state index in [9.17, 15) is 9.18 Å². The van der Waals surface area contributed by atoms with Crippen LogP contribution in [0.15, 0.2) is 24.3 Å². The van der Waals surface area contributed by atoms with Crippen LogP contribution in [0.3, 0.4) is 0 Å². The number of hydrogen-bond acceptors (Lipinski definition) is 4. The molecule has 0 saturated carbocycles. The van der Waals surface area contributed by atoms with E-state index in [-0.39, 0.29) is 11.7 Å². The summed E-state index contributed by atoms with van der Waals surface area (Å²) < 4.78 is 13.0. The number of halogens is 1. The first-order valence-electron chi connectivity index (χ1n) is 7.83. The maximum atomic E-state index is 13.0. The van der Waals surface area contributed by atoms with E-state index in [1.54, 1.807) is 12.1 Å². The van der Waals surface area contributed by atoms with Crippen molar-refractivity contribution in [2.75, 3.05) is 11.9 Å². The minimum atomic E-state index is -0.273. The lowest BCUT2D eigenvalue weighted by Crippen LogP contribution is -2.10. The van der Waals surface area contributed by atoms with Crippen molar-refractivity contribution < 1.29 is 9.18 Å². The fraction of sp³-hybridized carbons (Fsp3) is 0.412. The Kier molecular flexibility index (Phi) is 6.67. The third-order valence-corrected chi connectivity index (χ3v) is 4.40. The van der Waals surface area contributed by atoms with Crippen molar-refractivity contribution in [3.8, 4) is 11.3 Å². The van der Waals surface area contributed by atoms with Gasteiger partial charge in [-0.1, -0.05) is 12.8 Å². The number of carbonyl (C=O) groups excluding carboxylic acids is 1. The molecular formula is C17H22FN3OS. The zero-order chi connectivity index (χ0) is 16.7. The molecule has 0 aliphatic rings. The van der Waals surface area contributed by atoms with Crippen LogP contribution < -0.4 is 11.1 Å². The van der Waals surface area contributed by atoms with E-state index >= 15 is 0 Å². The van der Waals surface area contributed by atoms with Crippen LogP contribution in [-0.2, 0) is 4.79 Å². The van der Waals surface area contributed by atoms with Crippen LogP contribution in [-0.4, -0.2) is 17.4 Å². The van der Waals surface area contributed by atoms with Crippen molar-refractivity contribution in [3.05, 3.63) is 35.0 Å². The molecule has 0 spiro atoms. The number of benzene rings is 1. The first-order valence-corrected chi connectivity index (χ1v) is 8.65. The van der Waals surface area contributed by atoms with E-state index in [2.05, 4.69) is 10.3 Å². The maximum Gasteiger partial charge on any atom is 0.226 e. The molecule has 124 valence electrons. The Balaban J connectivity index is 1.90. The molecule has 0 fully saturated rings. The highest BCUT2D eigenvalue weighted by Crippen LogP contribution is 2.30. The summed E-state index contributed by atoms with van der Waals surface area (Å²) in [4.78, 5) is 17.4. The van der Waals surface area contributed by atoms with Gasteiger partial charge in [0.05, 0.1) is 5.69 Å². The topological polar surface area (TPSA) is 68.0 Å². The standard InChI is InChI=1S/C17H22FN3OS/c1-12-16(13-7-9-14(18)10-8-13)21-17(23-12)20-15(22)6-4-2-3-5-11-19/h7-10H,2-6,11,19H2,1H3,(H,20,21,22). The van der Waals surface area contributed by atoms with Crippen molar-refractivity contribution in [2.24, 2.45) is 5.73 Å². The average Bonchev–Trinajstić information content (AvgIpc) is 2.88. The van der Waals surface area contributed by atoms with Crippen molar-refractivity contribution in [3.63, 3.8) is 0 Å². The molecule has 0 aliphatic heterocycles. The minimum absolute atomic E-state index is 0.0165. The lowest BCUT2D eigenvalue weighted by atomic mass is 10.1. The Labute approximate surface area is 139 Å². The molecule has 6 heteroatoms. The van der Waals surface area contributed by atoms with Crippen molar-refractivity contribution >= 4 is 22.4 Å². The first-order chi connectivity index (χ1) is 11.1. The maximum absolute atomic E-state index is 13.0. The van der Waals surface area contributed by atoms with Gasteiger partial charge in [-0.05, 0) is 50.6 Å². The van der Waals surface area contributed by atoms with Crippen molar-refractivity contribution in [1.82, 2.24) is 4.98 Å². The van der Waals surface area contributed by atoms with Gasteiger partial charge in [0, 0.05) is 16.9 Å². The molecule has 2 rings (SSSR count). The summed E-state index contributed by atoms with van der Waals surface area (Å²) in [5, 5.41) is 3.44. The lowest BCUT2D eigenvalue weighted by Gasteiger charge is -2.01. The summed E-state index contributed by atoms with van der Waals surface area (Å²) in [5.41, 5.74) is 7.07. The highest BCUT2D eigenvalue weighted by Gasteiger charge is 2.12. The van der Waals surface area contributed by atoms with Gasteiger partial charge in [-0.25, -0.2) is 9.37 Å². The van der Waals surface area contributed by atoms with Gasteiger partial charge in [-0.3, -0.25) is 4.79 Å². The Morgan fingerprint density at radius 1 is 1.22 bits per heavy atom. The number of unbranched alkanes of at least 4 members (excludes halogenated alkanes) is 3. The number of nitrogens with zero attached hydrogens (tertiary/aromatic N) is 1. The fourth-order valence-electron chi connectivity index (χ4n) is 2.29. The van der Waals surface area contributed by atoms with Gasteiger partial charge in [0.25, 0.3) is 0 Å². The quantitative estimate of drug-likeness (QED) is 0.714. The molecule has 0 unspecified atom stereocenters. The average molecular weight is 335 g/mol. The normalized spacial score (nSPS) is 10.7. The van der Waals surface area contributed by atoms with Crippen molar-refractivity contribution in [2.45, 2.75) is 39.0 Å². The van der Waals surface area contributed by atoms with Crippen LogP contribution in [0.25, 0.3) is 11.3 Å². The molecular weight excluding hydrogens is 313 g/mol. The summed E-state index contributed by atoms with van der Waals surface area (Å²) in [6.07, 6.45) is 4.45. The second kappa shape index (κ2) is 8.74. The second-order valence-corrected chi connectivity index (χ2v) is 6.63. The third-order valence-electron chi connectivity index (χ3n) is 3.52. The summed E-state index contributed by atoms with van der Waals surface area (Å²) in [5.74, 6) is -0.290. The molecule has 1 aromatic heterocycles. The van der Waals surface area contributed by atoms with Crippen molar-refractivity contribution in [1.29, 1.82) is 0 Å². The molecule has 1 aromatic carbocycles. The van der Waals surface area contributed by atoms with Gasteiger partial charge < -0.3 is 11.1 Å². The predicted molar refractivity (Wildman–Crippen MR) is 93.0 cm³/mol. The number of carbonyl (C=O) groups is 1. The molecule has 0 saturated heterocycles. The van der Waals surface area contributed by atoms with Crippen LogP contribution in [0.5, 0.6) is 0 Å². The number of nitrogens with two attached hydrogens (primary N) is 1. The molecule has 0 bridgehead atoms. The molecule has 0 atom stereocenters. The van der Waals surface area contributed by atoms with E-state index in [4.69, 9.17) is 5.73 Å². The van der Waals surface area contributed by atoms with Gasteiger partial charge >= 0.3 is 0 Å². The van der Waals surface area contributed by atoms with Crippen LogP contribution in [0.1, 0.15) is 37.0 Å². The number of anilines is 1. The highest BCUT2D eigenvalue weighted by molar-refractivity contribution is 7.16.